The summed E-state index contributed by atoms with van der Waals surface area (Å²) in [5.74, 6) is 0.764. The van der Waals surface area contributed by atoms with E-state index in [0.29, 0.717) is 5.41 Å². The van der Waals surface area contributed by atoms with Crippen LogP contribution in [0.3, 0.4) is 0 Å². The Morgan fingerprint density at radius 1 is 1.54 bits per heavy atom. The third-order valence-electron chi connectivity index (χ3n) is 3.54. The topological polar surface area (TPSA) is 21.3 Å². The van der Waals surface area contributed by atoms with Gasteiger partial charge in [-0.15, -0.1) is 0 Å². The molecule has 1 aliphatic rings. The lowest BCUT2D eigenvalue weighted by Crippen LogP contribution is -2.44. The van der Waals surface area contributed by atoms with Crippen molar-refractivity contribution >= 4 is 0 Å². The second-order valence-electron chi connectivity index (χ2n) is 4.36. The van der Waals surface area contributed by atoms with Gasteiger partial charge in [-0.25, -0.2) is 0 Å². The number of hydrogen-bond donors (Lipinski definition) is 1. The predicted molar refractivity (Wildman–Crippen MR) is 55.9 cm³/mol. The molecule has 13 heavy (non-hydrogen) atoms. The highest BCUT2D eigenvalue weighted by Crippen LogP contribution is 2.37. The second kappa shape index (κ2) is 4.97. The van der Waals surface area contributed by atoms with E-state index in [1.807, 2.05) is 7.05 Å². The van der Waals surface area contributed by atoms with Crippen LogP contribution in [0, 0.1) is 11.3 Å². The zero-order valence-corrected chi connectivity index (χ0v) is 9.23. The third kappa shape index (κ3) is 2.44. The molecule has 0 saturated carbocycles. The van der Waals surface area contributed by atoms with Gasteiger partial charge in [0.15, 0.2) is 0 Å². The lowest BCUT2D eigenvalue weighted by Gasteiger charge is -2.41. The Kier molecular flexibility index (Phi) is 4.20. The Morgan fingerprint density at radius 3 is 2.77 bits per heavy atom. The van der Waals surface area contributed by atoms with Gasteiger partial charge in [0.05, 0.1) is 6.61 Å². The van der Waals surface area contributed by atoms with Crippen LogP contribution in [0.1, 0.15) is 33.1 Å². The van der Waals surface area contributed by atoms with Crippen LogP contribution in [-0.2, 0) is 4.74 Å². The summed E-state index contributed by atoms with van der Waals surface area (Å²) in [5.41, 5.74) is 0.405. The molecule has 0 bridgehead atoms. The van der Waals surface area contributed by atoms with Crippen molar-refractivity contribution < 1.29 is 4.74 Å². The number of rotatable bonds is 4. The standard InChI is InChI=1S/C11H23NO/c1-4-10(2)11(8-12-3)6-5-7-13-9-11/h10,12H,4-9H2,1-3H3. The van der Waals surface area contributed by atoms with E-state index in [2.05, 4.69) is 19.2 Å². The van der Waals surface area contributed by atoms with Crippen molar-refractivity contribution in [2.75, 3.05) is 26.8 Å². The molecule has 0 aromatic heterocycles. The van der Waals surface area contributed by atoms with Crippen LogP contribution in [0.25, 0.3) is 0 Å². The quantitative estimate of drug-likeness (QED) is 0.724. The maximum atomic E-state index is 5.62. The molecule has 1 saturated heterocycles. The maximum absolute atomic E-state index is 5.62. The van der Waals surface area contributed by atoms with Crippen molar-refractivity contribution in [1.29, 1.82) is 0 Å². The van der Waals surface area contributed by atoms with Gasteiger partial charge >= 0.3 is 0 Å². The van der Waals surface area contributed by atoms with Gasteiger partial charge in [-0.05, 0) is 25.8 Å². The van der Waals surface area contributed by atoms with Gasteiger partial charge in [0, 0.05) is 18.6 Å². The van der Waals surface area contributed by atoms with Gasteiger partial charge in [0.25, 0.3) is 0 Å². The highest BCUT2D eigenvalue weighted by atomic mass is 16.5. The largest absolute Gasteiger partial charge is 0.381 e. The normalized spacial score (nSPS) is 31.6. The van der Waals surface area contributed by atoms with Crippen LogP contribution in [0.15, 0.2) is 0 Å². The minimum absolute atomic E-state index is 0.405. The second-order valence-corrected chi connectivity index (χ2v) is 4.36. The van der Waals surface area contributed by atoms with E-state index < -0.39 is 0 Å². The minimum Gasteiger partial charge on any atom is -0.381 e. The summed E-state index contributed by atoms with van der Waals surface area (Å²) in [4.78, 5) is 0. The van der Waals surface area contributed by atoms with Crippen molar-refractivity contribution in [2.24, 2.45) is 11.3 Å². The Morgan fingerprint density at radius 2 is 2.31 bits per heavy atom. The van der Waals surface area contributed by atoms with Crippen LogP contribution in [-0.4, -0.2) is 26.8 Å². The van der Waals surface area contributed by atoms with Crippen LogP contribution in [0.5, 0.6) is 0 Å². The van der Waals surface area contributed by atoms with Crippen molar-refractivity contribution in [2.45, 2.75) is 33.1 Å². The maximum Gasteiger partial charge on any atom is 0.0537 e. The molecular weight excluding hydrogens is 162 g/mol. The molecule has 0 aliphatic carbocycles. The molecule has 2 atom stereocenters. The van der Waals surface area contributed by atoms with Crippen LogP contribution < -0.4 is 5.32 Å². The first kappa shape index (κ1) is 11.0. The van der Waals surface area contributed by atoms with E-state index >= 15 is 0 Å². The van der Waals surface area contributed by atoms with Gasteiger partial charge in [-0.1, -0.05) is 20.3 Å². The summed E-state index contributed by atoms with van der Waals surface area (Å²) in [6.07, 6.45) is 3.81. The summed E-state index contributed by atoms with van der Waals surface area (Å²) >= 11 is 0. The van der Waals surface area contributed by atoms with E-state index in [4.69, 9.17) is 4.74 Å². The van der Waals surface area contributed by atoms with E-state index in [1.54, 1.807) is 0 Å². The molecule has 0 aromatic carbocycles. The van der Waals surface area contributed by atoms with Crippen LogP contribution >= 0.6 is 0 Å². The average molecular weight is 185 g/mol. The zero-order chi connectivity index (χ0) is 9.73. The lowest BCUT2D eigenvalue weighted by molar-refractivity contribution is -0.0374. The summed E-state index contributed by atoms with van der Waals surface area (Å²) in [6.45, 7) is 7.63. The molecule has 78 valence electrons. The smallest absolute Gasteiger partial charge is 0.0537 e. The molecule has 2 heteroatoms. The molecule has 1 N–H and O–H groups in total. The first-order valence-electron chi connectivity index (χ1n) is 5.47. The molecule has 1 aliphatic heterocycles. The van der Waals surface area contributed by atoms with Crippen LogP contribution in [0.2, 0.25) is 0 Å². The Labute approximate surface area is 82.0 Å². The number of hydrogen-bond acceptors (Lipinski definition) is 2. The fraction of sp³-hybridized carbons (Fsp3) is 1.00. The van der Waals surface area contributed by atoms with Crippen molar-refractivity contribution in [1.82, 2.24) is 5.32 Å². The SMILES string of the molecule is CCC(C)C1(CNC)CCCOC1. The van der Waals surface area contributed by atoms with Gasteiger partial charge in [-0.3, -0.25) is 0 Å². The molecule has 1 rings (SSSR count). The zero-order valence-electron chi connectivity index (χ0n) is 9.23. The Bertz CT molecular complexity index is 136. The molecule has 0 amide bonds. The van der Waals surface area contributed by atoms with E-state index in [-0.39, 0.29) is 0 Å². The fourth-order valence-corrected chi connectivity index (χ4v) is 2.36. The molecule has 0 radical (unpaired) electrons. The number of nitrogens with one attached hydrogen (secondary N) is 1. The van der Waals surface area contributed by atoms with Gasteiger partial charge < -0.3 is 10.1 Å². The molecular formula is C11H23NO. The Balaban J connectivity index is 2.60. The molecule has 2 unspecified atom stereocenters. The van der Waals surface area contributed by atoms with E-state index in [1.165, 1.54) is 19.3 Å². The number of ether oxygens (including phenoxy) is 1. The molecule has 2 nitrogen and oxygen atoms in total. The van der Waals surface area contributed by atoms with Gasteiger partial charge in [0.2, 0.25) is 0 Å². The van der Waals surface area contributed by atoms with Crippen LogP contribution in [0.4, 0.5) is 0 Å². The summed E-state index contributed by atoms with van der Waals surface area (Å²) in [5, 5.41) is 3.31. The summed E-state index contributed by atoms with van der Waals surface area (Å²) in [6, 6.07) is 0. The molecule has 1 heterocycles. The first-order valence-corrected chi connectivity index (χ1v) is 5.47. The van der Waals surface area contributed by atoms with E-state index in [0.717, 1.165) is 25.7 Å². The van der Waals surface area contributed by atoms with Gasteiger partial charge in [-0.2, -0.15) is 0 Å². The monoisotopic (exact) mass is 185 g/mol. The van der Waals surface area contributed by atoms with Gasteiger partial charge in [0.1, 0.15) is 0 Å². The minimum atomic E-state index is 0.405. The predicted octanol–water partition coefficient (Wildman–Crippen LogP) is 2.05. The first-order chi connectivity index (χ1) is 6.25. The third-order valence-corrected chi connectivity index (χ3v) is 3.54. The average Bonchev–Trinajstić information content (AvgIpc) is 2.18. The van der Waals surface area contributed by atoms with Crippen molar-refractivity contribution in [3.8, 4) is 0 Å². The fourth-order valence-electron chi connectivity index (χ4n) is 2.36. The van der Waals surface area contributed by atoms with Crippen molar-refractivity contribution in [3.63, 3.8) is 0 Å². The van der Waals surface area contributed by atoms with E-state index in [9.17, 15) is 0 Å². The Hall–Kier alpha value is -0.0800. The molecule has 1 fully saturated rings. The molecule has 0 spiro atoms. The highest BCUT2D eigenvalue weighted by Gasteiger charge is 2.36. The lowest BCUT2D eigenvalue weighted by atomic mass is 9.71. The molecule has 0 aromatic rings. The summed E-state index contributed by atoms with van der Waals surface area (Å²) < 4.78 is 5.62. The summed E-state index contributed by atoms with van der Waals surface area (Å²) in [7, 11) is 2.04. The highest BCUT2D eigenvalue weighted by molar-refractivity contribution is 4.87. The van der Waals surface area contributed by atoms with Crippen molar-refractivity contribution in [3.05, 3.63) is 0 Å².